The van der Waals surface area contributed by atoms with Crippen LogP contribution < -0.4 is 0 Å². The van der Waals surface area contributed by atoms with E-state index in [2.05, 4.69) is 13.8 Å². The largest absolute Gasteiger partial charge is 0.246 e. The highest BCUT2D eigenvalue weighted by Crippen LogP contribution is 2.68. The average molecular weight is 463 g/mol. The zero-order chi connectivity index (χ0) is 23.4. The van der Waals surface area contributed by atoms with Gasteiger partial charge >= 0.3 is 0 Å². The van der Waals surface area contributed by atoms with Crippen LogP contribution in [-0.4, -0.2) is 6.17 Å². The molecule has 0 radical (unpaired) electrons. The summed E-state index contributed by atoms with van der Waals surface area (Å²) in [5.74, 6) is 1.82. The molecular weight excluding hydrogens is 403 g/mol. The Kier molecular flexibility index (Phi) is 12.1. The van der Waals surface area contributed by atoms with E-state index in [0.717, 1.165) is 11.8 Å². The van der Waals surface area contributed by atoms with E-state index >= 15 is 4.39 Å². The van der Waals surface area contributed by atoms with Crippen LogP contribution in [0.25, 0.3) is 0 Å². The monoisotopic (exact) mass is 462 g/mol. The Bertz CT molecular complexity index is 451. The van der Waals surface area contributed by atoms with Gasteiger partial charge in [0.25, 0.3) is 0 Å². The van der Waals surface area contributed by atoms with Crippen molar-refractivity contribution in [1.29, 1.82) is 0 Å². The van der Waals surface area contributed by atoms with Crippen LogP contribution in [-0.2, 0) is 0 Å². The molecule has 0 atom stereocenters. The summed E-state index contributed by atoms with van der Waals surface area (Å²) < 4.78 is 15.8. The van der Waals surface area contributed by atoms with Gasteiger partial charge in [0.1, 0.15) is 6.17 Å². The fraction of sp³-hybridized carbons (Fsp3) is 1.00. The van der Waals surface area contributed by atoms with E-state index in [4.69, 9.17) is 0 Å². The zero-order valence-corrected chi connectivity index (χ0v) is 22.8. The van der Waals surface area contributed by atoms with Gasteiger partial charge in [-0.2, -0.15) is 0 Å². The maximum absolute atomic E-state index is 15.8. The number of hydrogen-bond acceptors (Lipinski definition) is 0. The van der Waals surface area contributed by atoms with Crippen LogP contribution in [0.5, 0.6) is 0 Å². The molecule has 3 rings (SSSR count). The van der Waals surface area contributed by atoms with E-state index in [0.29, 0.717) is 0 Å². The van der Waals surface area contributed by atoms with Crippen LogP contribution in [0.2, 0.25) is 0 Å². The third-order valence-electron chi connectivity index (χ3n) is 10.4. The lowest BCUT2D eigenvalue weighted by atomic mass is 9.42. The number of halogens is 1. The predicted octanol–water partition coefficient (Wildman–Crippen LogP) is 11.4. The first-order chi connectivity index (χ1) is 16.1. The van der Waals surface area contributed by atoms with Gasteiger partial charge in [-0.15, -0.1) is 0 Å². The summed E-state index contributed by atoms with van der Waals surface area (Å²) in [5, 5.41) is 0. The van der Waals surface area contributed by atoms with Crippen molar-refractivity contribution < 1.29 is 4.39 Å². The molecule has 0 saturated heterocycles. The molecule has 0 aromatic heterocycles. The minimum Gasteiger partial charge on any atom is -0.246 e. The third-order valence-corrected chi connectivity index (χ3v) is 10.4. The first-order valence-corrected chi connectivity index (χ1v) is 15.8. The molecule has 0 heterocycles. The van der Waals surface area contributed by atoms with Crippen molar-refractivity contribution >= 4 is 0 Å². The van der Waals surface area contributed by atoms with Gasteiger partial charge in [-0.25, -0.2) is 4.39 Å². The molecule has 2 spiro atoms. The molecule has 0 aliphatic heterocycles. The molecule has 0 unspecified atom stereocenters. The molecule has 0 bridgehead atoms. The molecular formula is C32H59F. The van der Waals surface area contributed by atoms with Gasteiger partial charge in [0, 0.05) is 10.8 Å². The Labute approximate surface area is 207 Å². The van der Waals surface area contributed by atoms with Crippen molar-refractivity contribution in [3.63, 3.8) is 0 Å². The summed E-state index contributed by atoms with van der Waals surface area (Å²) in [7, 11) is 0. The smallest absolute Gasteiger partial charge is 0.111 e. The van der Waals surface area contributed by atoms with E-state index in [9.17, 15) is 0 Å². The van der Waals surface area contributed by atoms with E-state index < -0.39 is 6.17 Å². The highest BCUT2D eigenvalue weighted by molar-refractivity contribution is 5.13. The van der Waals surface area contributed by atoms with Gasteiger partial charge in [0.15, 0.2) is 0 Å². The molecule has 3 saturated carbocycles. The summed E-state index contributed by atoms with van der Waals surface area (Å²) in [6, 6.07) is 0. The normalized spacial score (nSPS) is 34.1. The first-order valence-electron chi connectivity index (χ1n) is 15.8. The minimum absolute atomic E-state index is 0.113. The van der Waals surface area contributed by atoms with Crippen molar-refractivity contribution in [1.82, 2.24) is 0 Å². The summed E-state index contributed by atoms with van der Waals surface area (Å²) in [4.78, 5) is 0. The van der Waals surface area contributed by atoms with Crippen LogP contribution in [0.4, 0.5) is 4.39 Å². The molecule has 3 aliphatic rings. The third kappa shape index (κ3) is 7.96. The Balaban J connectivity index is 1.24. The lowest BCUT2D eigenvalue weighted by Gasteiger charge is -2.63. The Morgan fingerprint density at radius 2 is 0.848 bits per heavy atom. The second-order valence-corrected chi connectivity index (χ2v) is 13.0. The minimum atomic E-state index is -0.468. The maximum atomic E-state index is 15.8. The number of rotatable bonds is 16. The molecule has 33 heavy (non-hydrogen) atoms. The fourth-order valence-corrected chi connectivity index (χ4v) is 8.12. The van der Waals surface area contributed by atoms with E-state index in [1.165, 1.54) is 161 Å². The van der Waals surface area contributed by atoms with Crippen molar-refractivity contribution in [2.45, 2.75) is 181 Å². The van der Waals surface area contributed by atoms with Crippen LogP contribution in [0, 0.1) is 22.7 Å². The van der Waals surface area contributed by atoms with E-state index in [-0.39, 0.29) is 10.8 Å². The van der Waals surface area contributed by atoms with Gasteiger partial charge in [0.05, 0.1) is 0 Å². The van der Waals surface area contributed by atoms with Crippen molar-refractivity contribution in [2.24, 2.45) is 22.7 Å². The average Bonchev–Trinajstić information content (AvgIpc) is 2.84. The number of alkyl halides is 1. The lowest BCUT2D eigenvalue weighted by molar-refractivity contribution is -0.184. The van der Waals surface area contributed by atoms with Crippen LogP contribution in [0.1, 0.15) is 174 Å². The standard InChI is InChI=1S/C32H59F/c1-3-5-7-9-11-13-15-17-28-19-23-31(24-20-28)27-32(30(31)33)25-21-29(22-26-32)18-16-14-12-10-8-6-4-2/h28-30H,3-27H2,1-2H3/t28?,29?,30?,31-,32-. The maximum Gasteiger partial charge on any atom is 0.111 e. The lowest BCUT2D eigenvalue weighted by Crippen LogP contribution is -2.60. The van der Waals surface area contributed by atoms with Crippen molar-refractivity contribution in [2.75, 3.05) is 0 Å². The first kappa shape index (κ1) is 27.5. The predicted molar refractivity (Wildman–Crippen MR) is 144 cm³/mol. The quantitative estimate of drug-likeness (QED) is 0.200. The Morgan fingerprint density at radius 1 is 0.515 bits per heavy atom. The molecule has 0 nitrogen and oxygen atoms in total. The summed E-state index contributed by atoms with van der Waals surface area (Å²) >= 11 is 0. The fourth-order valence-electron chi connectivity index (χ4n) is 8.12. The molecule has 194 valence electrons. The molecule has 3 aliphatic carbocycles. The van der Waals surface area contributed by atoms with Gasteiger partial charge in [-0.1, -0.05) is 117 Å². The second kappa shape index (κ2) is 14.5. The van der Waals surface area contributed by atoms with Crippen molar-refractivity contribution in [3.8, 4) is 0 Å². The highest BCUT2D eigenvalue weighted by Gasteiger charge is 2.64. The van der Waals surface area contributed by atoms with Crippen LogP contribution in [0.3, 0.4) is 0 Å². The summed E-state index contributed by atoms with van der Waals surface area (Å²) in [5.41, 5.74) is 0.226. The number of unbranched alkanes of at least 4 members (excludes halogenated alkanes) is 12. The van der Waals surface area contributed by atoms with Crippen LogP contribution in [0.15, 0.2) is 0 Å². The SMILES string of the molecule is CCCCCCCCCC1CC[C@]2(CC1)C[C@@]1(CCC(CCCCCCCCC)CC1)C2F. The Hall–Kier alpha value is -0.0700. The molecule has 0 aromatic rings. The van der Waals surface area contributed by atoms with Gasteiger partial charge < -0.3 is 0 Å². The summed E-state index contributed by atoms with van der Waals surface area (Å²) in [6.07, 6.45) is 33.6. The molecule has 3 fully saturated rings. The molecule has 0 amide bonds. The molecule has 1 heteroatoms. The Morgan fingerprint density at radius 3 is 1.18 bits per heavy atom. The van der Waals surface area contributed by atoms with Gasteiger partial charge in [0.2, 0.25) is 0 Å². The zero-order valence-electron chi connectivity index (χ0n) is 22.8. The second-order valence-electron chi connectivity index (χ2n) is 13.0. The van der Waals surface area contributed by atoms with Gasteiger partial charge in [-0.3, -0.25) is 0 Å². The summed E-state index contributed by atoms with van der Waals surface area (Å²) in [6.45, 7) is 4.59. The van der Waals surface area contributed by atoms with E-state index in [1.54, 1.807) is 0 Å². The molecule has 0 N–H and O–H groups in total. The van der Waals surface area contributed by atoms with E-state index in [1.807, 2.05) is 0 Å². The topological polar surface area (TPSA) is 0 Å². The van der Waals surface area contributed by atoms with Crippen molar-refractivity contribution in [3.05, 3.63) is 0 Å². The number of hydrogen-bond donors (Lipinski definition) is 0. The molecule has 0 aromatic carbocycles. The highest BCUT2D eigenvalue weighted by atomic mass is 19.1. The van der Waals surface area contributed by atoms with Gasteiger partial charge in [-0.05, 0) is 69.6 Å². The van der Waals surface area contributed by atoms with Crippen LogP contribution >= 0.6 is 0 Å².